The first kappa shape index (κ1) is 12.9. The van der Waals surface area contributed by atoms with Crippen LogP contribution in [-0.4, -0.2) is 11.5 Å². The molecular weight excluding hydrogens is 196 g/mol. The fourth-order valence-electron chi connectivity index (χ4n) is 1.64. The summed E-state index contributed by atoms with van der Waals surface area (Å²) in [5.41, 5.74) is 2.61. The van der Waals surface area contributed by atoms with Crippen LogP contribution in [0.15, 0.2) is 31.1 Å². The predicted octanol–water partition coefficient (Wildman–Crippen LogP) is 3.23. The summed E-state index contributed by atoms with van der Waals surface area (Å²) in [6.07, 6.45) is 10.7. The SMILES string of the molecule is C=CCCCCCNCc1ccncc1C. The molecule has 0 aliphatic carbocycles. The van der Waals surface area contributed by atoms with E-state index >= 15 is 0 Å². The van der Waals surface area contributed by atoms with Crippen LogP contribution in [0.4, 0.5) is 0 Å². The molecule has 0 atom stereocenters. The molecule has 2 heteroatoms. The average Bonchev–Trinajstić information content (AvgIpc) is 2.30. The zero-order chi connectivity index (χ0) is 11.6. The minimum Gasteiger partial charge on any atom is -0.313 e. The van der Waals surface area contributed by atoms with Crippen molar-refractivity contribution in [2.24, 2.45) is 0 Å². The molecular formula is C14H22N2. The summed E-state index contributed by atoms with van der Waals surface area (Å²) >= 11 is 0. The molecule has 0 unspecified atom stereocenters. The first-order chi connectivity index (χ1) is 7.84. The van der Waals surface area contributed by atoms with E-state index in [4.69, 9.17) is 0 Å². The van der Waals surface area contributed by atoms with Crippen molar-refractivity contribution < 1.29 is 0 Å². The summed E-state index contributed by atoms with van der Waals surface area (Å²) in [7, 11) is 0. The fraction of sp³-hybridized carbons (Fsp3) is 0.500. The van der Waals surface area contributed by atoms with Gasteiger partial charge in [0.05, 0.1) is 0 Å². The maximum atomic E-state index is 4.09. The lowest BCUT2D eigenvalue weighted by molar-refractivity contribution is 0.605. The molecule has 0 aliphatic rings. The van der Waals surface area contributed by atoms with Crippen LogP contribution >= 0.6 is 0 Å². The van der Waals surface area contributed by atoms with Crippen molar-refractivity contribution in [2.75, 3.05) is 6.54 Å². The van der Waals surface area contributed by atoms with Gasteiger partial charge in [0, 0.05) is 18.9 Å². The summed E-state index contributed by atoms with van der Waals surface area (Å²) in [6.45, 7) is 7.88. The van der Waals surface area contributed by atoms with Crippen LogP contribution in [0, 0.1) is 6.92 Å². The van der Waals surface area contributed by atoms with Crippen molar-refractivity contribution in [1.29, 1.82) is 0 Å². The largest absolute Gasteiger partial charge is 0.313 e. The third-order valence-corrected chi connectivity index (χ3v) is 2.71. The Kier molecular flexibility index (Phi) is 6.50. The molecule has 0 amide bonds. The van der Waals surface area contributed by atoms with Crippen molar-refractivity contribution in [3.05, 3.63) is 42.2 Å². The fourth-order valence-corrected chi connectivity index (χ4v) is 1.64. The normalized spacial score (nSPS) is 10.3. The lowest BCUT2D eigenvalue weighted by Gasteiger charge is -2.06. The van der Waals surface area contributed by atoms with Crippen LogP contribution in [0.25, 0.3) is 0 Å². The number of rotatable bonds is 8. The smallest absolute Gasteiger partial charge is 0.0300 e. The molecule has 2 nitrogen and oxygen atoms in total. The van der Waals surface area contributed by atoms with E-state index in [2.05, 4.69) is 29.9 Å². The summed E-state index contributed by atoms with van der Waals surface area (Å²) in [4.78, 5) is 4.09. The van der Waals surface area contributed by atoms with Gasteiger partial charge in [-0.2, -0.15) is 0 Å². The minimum atomic E-state index is 0.954. The summed E-state index contributed by atoms with van der Waals surface area (Å²) in [5, 5.41) is 3.47. The Morgan fingerprint density at radius 2 is 2.25 bits per heavy atom. The lowest BCUT2D eigenvalue weighted by Crippen LogP contribution is -2.15. The number of pyridine rings is 1. The standard InChI is InChI=1S/C14H22N2/c1-3-4-5-6-7-9-15-12-14-8-10-16-11-13(14)2/h3,8,10-11,15H,1,4-7,9,12H2,2H3. The highest BCUT2D eigenvalue weighted by atomic mass is 14.8. The van der Waals surface area contributed by atoms with E-state index < -0.39 is 0 Å². The maximum absolute atomic E-state index is 4.09. The molecule has 1 aromatic rings. The van der Waals surface area contributed by atoms with Crippen molar-refractivity contribution in [2.45, 2.75) is 39.2 Å². The molecule has 0 spiro atoms. The van der Waals surface area contributed by atoms with E-state index in [1.165, 1.54) is 30.4 Å². The average molecular weight is 218 g/mol. The van der Waals surface area contributed by atoms with Crippen LogP contribution in [0.3, 0.4) is 0 Å². The van der Waals surface area contributed by atoms with Crippen molar-refractivity contribution in [3.8, 4) is 0 Å². The number of unbranched alkanes of at least 4 members (excludes halogenated alkanes) is 3. The number of aryl methyl sites for hydroxylation is 1. The van der Waals surface area contributed by atoms with Crippen LogP contribution in [0.2, 0.25) is 0 Å². The van der Waals surface area contributed by atoms with E-state index in [1.54, 1.807) is 0 Å². The molecule has 1 rings (SSSR count). The second kappa shape index (κ2) is 8.05. The van der Waals surface area contributed by atoms with E-state index in [0.29, 0.717) is 0 Å². The Morgan fingerprint density at radius 1 is 1.38 bits per heavy atom. The van der Waals surface area contributed by atoms with Gasteiger partial charge in [-0.3, -0.25) is 4.98 Å². The van der Waals surface area contributed by atoms with Gasteiger partial charge in [0.25, 0.3) is 0 Å². The quantitative estimate of drug-likeness (QED) is 0.535. The van der Waals surface area contributed by atoms with E-state index in [9.17, 15) is 0 Å². The Labute approximate surface area is 98.8 Å². The van der Waals surface area contributed by atoms with Gasteiger partial charge in [-0.25, -0.2) is 0 Å². The summed E-state index contributed by atoms with van der Waals surface area (Å²) in [5.74, 6) is 0. The highest BCUT2D eigenvalue weighted by molar-refractivity contribution is 5.20. The van der Waals surface area contributed by atoms with Gasteiger partial charge in [-0.15, -0.1) is 6.58 Å². The van der Waals surface area contributed by atoms with Gasteiger partial charge in [-0.05, 0) is 49.9 Å². The highest BCUT2D eigenvalue weighted by Gasteiger charge is 1.96. The van der Waals surface area contributed by atoms with Gasteiger partial charge in [-0.1, -0.05) is 12.5 Å². The molecule has 0 bridgehead atoms. The summed E-state index contributed by atoms with van der Waals surface area (Å²) < 4.78 is 0. The number of nitrogens with zero attached hydrogens (tertiary/aromatic N) is 1. The number of nitrogens with one attached hydrogen (secondary N) is 1. The monoisotopic (exact) mass is 218 g/mol. The molecule has 0 fully saturated rings. The van der Waals surface area contributed by atoms with E-state index in [0.717, 1.165) is 19.5 Å². The van der Waals surface area contributed by atoms with Crippen LogP contribution < -0.4 is 5.32 Å². The number of aromatic nitrogens is 1. The molecule has 0 aromatic carbocycles. The van der Waals surface area contributed by atoms with Crippen molar-refractivity contribution in [1.82, 2.24) is 10.3 Å². The molecule has 1 heterocycles. The third kappa shape index (κ3) is 5.08. The van der Waals surface area contributed by atoms with Crippen molar-refractivity contribution >= 4 is 0 Å². The number of hydrogen-bond acceptors (Lipinski definition) is 2. The molecule has 1 N–H and O–H groups in total. The molecule has 1 aromatic heterocycles. The molecule has 0 aliphatic heterocycles. The molecule has 16 heavy (non-hydrogen) atoms. The first-order valence-corrected chi connectivity index (χ1v) is 6.05. The molecule has 0 saturated carbocycles. The summed E-state index contributed by atoms with van der Waals surface area (Å²) in [6, 6.07) is 2.08. The maximum Gasteiger partial charge on any atom is 0.0300 e. The van der Waals surface area contributed by atoms with Gasteiger partial charge >= 0.3 is 0 Å². The van der Waals surface area contributed by atoms with Crippen molar-refractivity contribution in [3.63, 3.8) is 0 Å². The second-order valence-electron chi connectivity index (χ2n) is 4.12. The predicted molar refractivity (Wildman–Crippen MR) is 69.3 cm³/mol. The van der Waals surface area contributed by atoms with Crippen LogP contribution in [0.5, 0.6) is 0 Å². The van der Waals surface area contributed by atoms with Crippen LogP contribution in [-0.2, 0) is 6.54 Å². The van der Waals surface area contributed by atoms with Gasteiger partial charge in [0.2, 0.25) is 0 Å². The second-order valence-corrected chi connectivity index (χ2v) is 4.12. The highest BCUT2D eigenvalue weighted by Crippen LogP contribution is 2.04. The third-order valence-electron chi connectivity index (χ3n) is 2.71. The van der Waals surface area contributed by atoms with Gasteiger partial charge < -0.3 is 5.32 Å². The molecule has 0 saturated heterocycles. The molecule has 0 radical (unpaired) electrons. The van der Waals surface area contributed by atoms with Gasteiger partial charge in [0.15, 0.2) is 0 Å². The Balaban J connectivity index is 2.07. The Bertz CT molecular complexity index is 307. The molecule has 88 valence electrons. The van der Waals surface area contributed by atoms with Crippen LogP contribution in [0.1, 0.15) is 36.8 Å². The van der Waals surface area contributed by atoms with Gasteiger partial charge in [0.1, 0.15) is 0 Å². The number of hydrogen-bond donors (Lipinski definition) is 1. The minimum absolute atomic E-state index is 0.954. The van der Waals surface area contributed by atoms with E-state index in [-0.39, 0.29) is 0 Å². The topological polar surface area (TPSA) is 24.9 Å². The zero-order valence-corrected chi connectivity index (χ0v) is 10.2. The zero-order valence-electron chi connectivity index (χ0n) is 10.2. The first-order valence-electron chi connectivity index (χ1n) is 6.05. The van der Waals surface area contributed by atoms with E-state index in [1.807, 2.05) is 18.5 Å². The Hall–Kier alpha value is -1.15. The number of allylic oxidation sites excluding steroid dienone is 1. The Morgan fingerprint density at radius 3 is 3.00 bits per heavy atom. The lowest BCUT2D eigenvalue weighted by atomic mass is 10.1.